The van der Waals surface area contributed by atoms with Crippen LogP contribution in [0.2, 0.25) is 5.02 Å². The van der Waals surface area contributed by atoms with Crippen molar-refractivity contribution in [3.8, 4) is 0 Å². The maximum Gasteiger partial charge on any atom is 0.244 e. The lowest BCUT2D eigenvalue weighted by Gasteiger charge is -2.29. The molecule has 0 aliphatic carbocycles. The van der Waals surface area contributed by atoms with Crippen LogP contribution >= 0.6 is 22.9 Å². The third-order valence-corrected chi connectivity index (χ3v) is 4.50. The number of amides is 1. The van der Waals surface area contributed by atoms with Crippen LogP contribution in [0.3, 0.4) is 0 Å². The fourth-order valence-electron chi connectivity index (χ4n) is 1.97. The first-order valence-electron chi connectivity index (χ1n) is 6.84. The lowest BCUT2D eigenvalue weighted by atomic mass is 9.95. The molecule has 1 heterocycles. The molecule has 3 nitrogen and oxygen atoms in total. The fourth-order valence-corrected chi connectivity index (χ4v) is 2.78. The molecule has 0 saturated heterocycles. The van der Waals surface area contributed by atoms with Gasteiger partial charge >= 0.3 is 0 Å². The molecule has 0 fully saturated rings. The van der Waals surface area contributed by atoms with Crippen molar-refractivity contribution < 1.29 is 9.53 Å². The topological polar surface area (TPSA) is 38.3 Å². The summed E-state index contributed by atoms with van der Waals surface area (Å²) in [4.78, 5) is 13.0. The second kappa shape index (κ2) is 7.58. The summed E-state index contributed by atoms with van der Waals surface area (Å²) in [5, 5.41) is 5.48. The Balaban J connectivity index is 1.99. The number of benzene rings is 1. The monoisotopic (exact) mass is 335 g/mol. The van der Waals surface area contributed by atoms with E-state index in [-0.39, 0.29) is 5.91 Å². The van der Waals surface area contributed by atoms with Crippen LogP contribution in [-0.2, 0) is 15.1 Å². The van der Waals surface area contributed by atoms with Crippen LogP contribution < -0.4 is 5.32 Å². The third kappa shape index (κ3) is 4.44. The zero-order chi connectivity index (χ0) is 16.0. The number of halogens is 1. The molecule has 0 bridgehead atoms. The number of nitrogens with one attached hydrogen (secondary N) is 1. The van der Waals surface area contributed by atoms with Gasteiger partial charge in [-0.2, -0.15) is 0 Å². The number of carbonyl (C=O) groups excluding carboxylic acids is 1. The molecule has 2 aromatic rings. The zero-order valence-corrected chi connectivity index (χ0v) is 14.1. The highest BCUT2D eigenvalue weighted by atomic mass is 35.5. The van der Waals surface area contributed by atoms with E-state index < -0.39 is 5.60 Å². The van der Waals surface area contributed by atoms with Crippen molar-refractivity contribution in [1.29, 1.82) is 0 Å². The van der Waals surface area contributed by atoms with Gasteiger partial charge in [-0.05, 0) is 42.1 Å². The van der Waals surface area contributed by atoms with Gasteiger partial charge in [-0.3, -0.25) is 4.79 Å². The van der Waals surface area contributed by atoms with Crippen LogP contribution in [0.15, 0.2) is 47.9 Å². The number of rotatable bonds is 6. The summed E-state index contributed by atoms with van der Waals surface area (Å²) in [6, 6.07) is 11.4. The summed E-state index contributed by atoms with van der Waals surface area (Å²) in [7, 11) is 1.62. The van der Waals surface area contributed by atoms with Crippen LogP contribution in [0.5, 0.6) is 0 Å². The van der Waals surface area contributed by atoms with Crippen molar-refractivity contribution in [2.75, 3.05) is 13.7 Å². The normalized spacial score (nSPS) is 14.0. The minimum Gasteiger partial charge on any atom is -0.372 e. The maximum atomic E-state index is 11.9. The molecule has 0 spiro atoms. The first kappa shape index (κ1) is 16.7. The van der Waals surface area contributed by atoms with E-state index in [1.54, 1.807) is 24.5 Å². The van der Waals surface area contributed by atoms with Gasteiger partial charge in [0.2, 0.25) is 5.91 Å². The molecular weight excluding hydrogens is 318 g/mol. The average molecular weight is 336 g/mol. The van der Waals surface area contributed by atoms with Crippen LogP contribution in [0.25, 0.3) is 6.08 Å². The van der Waals surface area contributed by atoms with Crippen molar-refractivity contribution in [1.82, 2.24) is 5.32 Å². The van der Waals surface area contributed by atoms with Gasteiger partial charge in [-0.1, -0.05) is 29.8 Å². The summed E-state index contributed by atoms with van der Waals surface area (Å²) in [6.07, 6.45) is 3.32. The number of carbonyl (C=O) groups is 1. The predicted molar refractivity (Wildman–Crippen MR) is 92.2 cm³/mol. The van der Waals surface area contributed by atoms with Crippen LogP contribution in [-0.4, -0.2) is 19.6 Å². The Kier molecular flexibility index (Phi) is 5.77. The van der Waals surface area contributed by atoms with Gasteiger partial charge in [0.15, 0.2) is 0 Å². The molecule has 0 aliphatic heterocycles. The number of hydrogen-bond acceptors (Lipinski definition) is 3. The summed E-state index contributed by atoms with van der Waals surface area (Å²) in [6.45, 7) is 2.28. The summed E-state index contributed by atoms with van der Waals surface area (Å²) in [5.41, 5.74) is 0.294. The molecule has 1 amide bonds. The Labute approximate surface area is 139 Å². The van der Waals surface area contributed by atoms with Gasteiger partial charge in [0.1, 0.15) is 5.60 Å². The SMILES string of the molecule is CO[C@](C)(CNC(=O)/C=C/c1cccs1)c1cccc(Cl)c1. The summed E-state index contributed by atoms with van der Waals surface area (Å²) in [5.74, 6) is -0.154. The smallest absolute Gasteiger partial charge is 0.244 e. The number of methoxy groups -OCH3 is 1. The van der Waals surface area contributed by atoms with Gasteiger partial charge in [-0.25, -0.2) is 0 Å². The van der Waals surface area contributed by atoms with E-state index in [1.807, 2.05) is 48.7 Å². The quantitative estimate of drug-likeness (QED) is 0.807. The Morgan fingerprint density at radius 3 is 2.86 bits per heavy atom. The first-order valence-corrected chi connectivity index (χ1v) is 8.10. The summed E-state index contributed by atoms with van der Waals surface area (Å²) < 4.78 is 5.58. The molecule has 0 radical (unpaired) electrons. The first-order chi connectivity index (χ1) is 10.5. The lowest BCUT2D eigenvalue weighted by Crippen LogP contribution is -2.39. The second-order valence-electron chi connectivity index (χ2n) is 5.01. The minimum atomic E-state index is -0.628. The highest BCUT2D eigenvalue weighted by Gasteiger charge is 2.26. The van der Waals surface area contributed by atoms with E-state index in [1.165, 1.54) is 6.08 Å². The van der Waals surface area contributed by atoms with Gasteiger partial charge in [0.25, 0.3) is 0 Å². The van der Waals surface area contributed by atoms with Crippen molar-refractivity contribution in [2.24, 2.45) is 0 Å². The molecule has 0 aliphatic rings. The minimum absolute atomic E-state index is 0.154. The lowest BCUT2D eigenvalue weighted by molar-refractivity contribution is -0.118. The maximum absolute atomic E-state index is 11.9. The van der Waals surface area contributed by atoms with E-state index in [9.17, 15) is 4.79 Å². The van der Waals surface area contributed by atoms with E-state index in [0.717, 1.165) is 10.4 Å². The van der Waals surface area contributed by atoms with Crippen molar-refractivity contribution in [3.63, 3.8) is 0 Å². The number of ether oxygens (including phenoxy) is 1. The second-order valence-corrected chi connectivity index (χ2v) is 6.43. The highest BCUT2D eigenvalue weighted by Crippen LogP contribution is 2.26. The van der Waals surface area contributed by atoms with Crippen LogP contribution in [0.4, 0.5) is 0 Å². The number of thiophene rings is 1. The standard InChI is InChI=1S/C17H18ClNO2S/c1-17(21-2,13-5-3-6-14(18)11-13)12-19-16(20)9-8-15-7-4-10-22-15/h3-11H,12H2,1-2H3,(H,19,20)/b9-8+/t17-/m1/s1. The molecule has 22 heavy (non-hydrogen) atoms. The van der Waals surface area contributed by atoms with Crippen LogP contribution in [0, 0.1) is 0 Å². The molecule has 1 aromatic heterocycles. The van der Waals surface area contributed by atoms with Gasteiger partial charge < -0.3 is 10.1 Å². The number of hydrogen-bond donors (Lipinski definition) is 1. The molecule has 0 saturated carbocycles. The average Bonchev–Trinajstić information content (AvgIpc) is 3.04. The van der Waals surface area contributed by atoms with E-state index in [4.69, 9.17) is 16.3 Å². The van der Waals surface area contributed by atoms with E-state index in [2.05, 4.69) is 5.32 Å². The molecule has 1 atom stereocenters. The van der Waals surface area contributed by atoms with Gasteiger partial charge in [0.05, 0.1) is 6.54 Å². The molecule has 1 aromatic carbocycles. The van der Waals surface area contributed by atoms with Crippen LogP contribution in [0.1, 0.15) is 17.4 Å². The fraction of sp³-hybridized carbons (Fsp3) is 0.235. The molecule has 1 N–H and O–H groups in total. The zero-order valence-electron chi connectivity index (χ0n) is 12.5. The predicted octanol–water partition coefficient (Wildman–Crippen LogP) is 4.09. The third-order valence-electron chi connectivity index (χ3n) is 3.43. The molecule has 5 heteroatoms. The Hall–Kier alpha value is -1.62. The Morgan fingerprint density at radius 1 is 1.41 bits per heavy atom. The largest absolute Gasteiger partial charge is 0.372 e. The van der Waals surface area contributed by atoms with E-state index in [0.29, 0.717) is 11.6 Å². The summed E-state index contributed by atoms with van der Waals surface area (Å²) >= 11 is 7.61. The van der Waals surface area contributed by atoms with Crippen molar-refractivity contribution in [2.45, 2.75) is 12.5 Å². The Morgan fingerprint density at radius 2 is 2.23 bits per heavy atom. The highest BCUT2D eigenvalue weighted by molar-refractivity contribution is 7.10. The Bertz CT molecular complexity index is 654. The van der Waals surface area contributed by atoms with Gasteiger partial charge in [-0.15, -0.1) is 11.3 Å². The van der Waals surface area contributed by atoms with E-state index >= 15 is 0 Å². The molecule has 2 rings (SSSR count). The van der Waals surface area contributed by atoms with Gasteiger partial charge in [0, 0.05) is 23.1 Å². The molecule has 116 valence electrons. The van der Waals surface area contributed by atoms with Crippen molar-refractivity contribution in [3.05, 3.63) is 63.3 Å². The molecular formula is C17H18ClNO2S. The van der Waals surface area contributed by atoms with Crippen molar-refractivity contribution >= 4 is 34.9 Å². The molecule has 0 unspecified atom stereocenters.